The highest BCUT2D eigenvalue weighted by Gasteiger charge is 2.29. The fourth-order valence-corrected chi connectivity index (χ4v) is 3.17. The molecule has 0 radical (unpaired) electrons. The number of nitrogens with zero attached hydrogens (tertiary/aromatic N) is 1. The SMILES string of the molecule is CCC(C(=O)NCC(C)C)N(Cc1cccc(OC)c1)C(=O)COc1ccc(C)cc1. The van der Waals surface area contributed by atoms with Gasteiger partial charge in [0.25, 0.3) is 5.91 Å². The van der Waals surface area contributed by atoms with Crippen LogP contribution in [0, 0.1) is 12.8 Å². The first-order valence-corrected chi connectivity index (χ1v) is 10.7. The Balaban J connectivity index is 2.20. The zero-order chi connectivity index (χ0) is 22.8. The zero-order valence-corrected chi connectivity index (χ0v) is 19.2. The van der Waals surface area contributed by atoms with Gasteiger partial charge in [0.1, 0.15) is 17.5 Å². The smallest absolute Gasteiger partial charge is 0.261 e. The second-order valence-corrected chi connectivity index (χ2v) is 8.04. The summed E-state index contributed by atoms with van der Waals surface area (Å²) in [6, 6.07) is 14.5. The van der Waals surface area contributed by atoms with E-state index in [2.05, 4.69) is 5.32 Å². The Hall–Kier alpha value is -3.02. The number of rotatable bonds is 11. The highest BCUT2D eigenvalue weighted by molar-refractivity contribution is 5.88. The van der Waals surface area contributed by atoms with Gasteiger partial charge in [-0.3, -0.25) is 9.59 Å². The van der Waals surface area contributed by atoms with Gasteiger partial charge in [0.15, 0.2) is 6.61 Å². The Labute approximate surface area is 185 Å². The zero-order valence-electron chi connectivity index (χ0n) is 19.2. The fourth-order valence-electron chi connectivity index (χ4n) is 3.17. The van der Waals surface area contributed by atoms with E-state index in [9.17, 15) is 9.59 Å². The number of aryl methyl sites for hydroxylation is 1. The minimum Gasteiger partial charge on any atom is -0.497 e. The number of benzene rings is 2. The predicted molar refractivity (Wildman–Crippen MR) is 122 cm³/mol. The number of hydrogen-bond donors (Lipinski definition) is 1. The van der Waals surface area contributed by atoms with Gasteiger partial charge in [-0.2, -0.15) is 0 Å². The second kappa shape index (κ2) is 12.0. The number of amides is 2. The summed E-state index contributed by atoms with van der Waals surface area (Å²) in [5, 5.41) is 2.96. The van der Waals surface area contributed by atoms with Crippen LogP contribution in [-0.2, 0) is 16.1 Å². The largest absolute Gasteiger partial charge is 0.497 e. The van der Waals surface area contributed by atoms with Crippen molar-refractivity contribution in [3.05, 3.63) is 59.7 Å². The molecule has 0 fully saturated rings. The lowest BCUT2D eigenvalue weighted by molar-refractivity contribution is -0.143. The van der Waals surface area contributed by atoms with Gasteiger partial charge >= 0.3 is 0 Å². The first-order valence-electron chi connectivity index (χ1n) is 10.7. The van der Waals surface area contributed by atoms with Crippen molar-refractivity contribution < 1.29 is 19.1 Å². The van der Waals surface area contributed by atoms with Crippen LogP contribution in [-0.4, -0.2) is 43.0 Å². The van der Waals surface area contributed by atoms with Gasteiger partial charge in [-0.15, -0.1) is 0 Å². The Kier molecular flexibility index (Phi) is 9.38. The molecule has 2 aromatic rings. The van der Waals surface area contributed by atoms with E-state index in [-0.39, 0.29) is 18.4 Å². The standard InChI is InChI=1S/C25H34N2O4/c1-6-23(25(29)26-15-18(2)3)27(16-20-8-7-9-22(14-20)30-5)24(28)17-31-21-12-10-19(4)11-13-21/h7-14,18,23H,6,15-17H2,1-5H3,(H,26,29). The number of hydrogen-bond acceptors (Lipinski definition) is 4. The third kappa shape index (κ3) is 7.63. The molecule has 6 heteroatoms. The molecule has 0 aliphatic rings. The number of methoxy groups -OCH3 is 1. The van der Waals surface area contributed by atoms with E-state index < -0.39 is 6.04 Å². The minimum absolute atomic E-state index is 0.138. The summed E-state index contributed by atoms with van der Waals surface area (Å²) in [5.41, 5.74) is 2.00. The molecule has 1 atom stereocenters. The third-order valence-corrected chi connectivity index (χ3v) is 4.94. The normalized spacial score (nSPS) is 11.7. The van der Waals surface area contributed by atoms with Crippen molar-refractivity contribution in [1.29, 1.82) is 0 Å². The van der Waals surface area contributed by atoms with Crippen LogP contribution in [0.5, 0.6) is 11.5 Å². The molecular weight excluding hydrogens is 392 g/mol. The number of nitrogens with one attached hydrogen (secondary N) is 1. The first kappa shape index (κ1) is 24.3. The molecule has 2 amide bonds. The van der Waals surface area contributed by atoms with E-state index in [1.54, 1.807) is 12.0 Å². The van der Waals surface area contributed by atoms with Gasteiger partial charge in [-0.1, -0.05) is 50.6 Å². The second-order valence-electron chi connectivity index (χ2n) is 8.04. The molecule has 0 spiro atoms. The molecule has 0 aromatic heterocycles. The van der Waals surface area contributed by atoms with Crippen LogP contribution < -0.4 is 14.8 Å². The molecule has 0 saturated carbocycles. The lowest BCUT2D eigenvalue weighted by Gasteiger charge is -2.31. The molecule has 0 bridgehead atoms. The summed E-state index contributed by atoms with van der Waals surface area (Å²) in [4.78, 5) is 27.6. The van der Waals surface area contributed by atoms with Crippen molar-refractivity contribution in [3.63, 3.8) is 0 Å². The fraction of sp³-hybridized carbons (Fsp3) is 0.440. The van der Waals surface area contributed by atoms with Gasteiger partial charge in [0, 0.05) is 13.1 Å². The molecule has 6 nitrogen and oxygen atoms in total. The molecule has 0 saturated heterocycles. The molecular formula is C25H34N2O4. The van der Waals surface area contributed by atoms with Gasteiger partial charge in [-0.25, -0.2) is 0 Å². The maximum Gasteiger partial charge on any atom is 0.261 e. The molecule has 2 aromatic carbocycles. The van der Waals surface area contributed by atoms with Crippen molar-refractivity contribution >= 4 is 11.8 Å². The Morgan fingerprint density at radius 2 is 1.77 bits per heavy atom. The van der Waals surface area contributed by atoms with Crippen LogP contribution in [0.3, 0.4) is 0 Å². The lowest BCUT2D eigenvalue weighted by atomic mass is 10.1. The van der Waals surface area contributed by atoms with Crippen LogP contribution in [0.2, 0.25) is 0 Å². The van der Waals surface area contributed by atoms with Gasteiger partial charge in [0.2, 0.25) is 5.91 Å². The van der Waals surface area contributed by atoms with Crippen LogP contribution in [0.15, 0.2) is 48.5 Å². The summed E-state index contributed by atoms with van der Waals surface area (Å²) < 4.78 is 11.0. The summed E-state index contributed by atoms with van der Waals surface area (Å²) in [7, 11) is 1.60. The van der Waals surface area contributed by atoms with Crippen molar-refractivity contribution in [3.8, 4) is 11.5 Å². The maximum atomic E-state index is 13.2. The molecule has 31 heavy (non-hydrogen) atoms. The van der Waals surface area contributed by atoms with E-state index in [0.717, 1.165) is 11.1 Å². The van der Waals surface area contributed by atoms with E-state index >= 15 is 0 Å². The number of carbonyl (C=O) groups excluding carboxylic acids is 2. The molecule has 1 N–H and O–H groups in total. The third-order valence-electron chi connectivity index (χ3n) is 4.94. The Morgan fingerprint density at radius 3 is 2.39 bits per heavy atom. The summed E-state index contributed by atoms with van der Waals surface area (Å²) in [6.07, 6.45) is 0.504. The lowest BCUT2D eigenvalue weighted by Crippen LogP contribution is -2.50. The van der Waals surface area contributed by atoms with Crippen LogP contribution >= 0.6 is 0 Å². The highest BCUT2D eigenvalue weighted by atomic mass is 16.5. The first-order chi connectivity index (χ1) is 14.8. The molecule has 1 unspecified atom stereocenters. The molecule has 0 heterocycles. The average Bonchev–Trinajstić information content (AvgIpc) is 2.77. The summed E-state index contributed by atoms with van der Waals surface area (Å²) in [5.74, 6) is 1.27. The molecule has 0 aliphatic carbocycles. The monoisotopic (exact) mass is 426 g/mol. The average molecular weight is 427 g/mol. The van der Waals surface area contributed by atoms with Crippen molar-refractivity contribution in [1.82, 2.24) is 10.2 Å². The van der Waals surface area contributed by atoms with Crippen molar-refractivity contribution in [2.24, 2.45) is 5.92 Å². The predicted octanol–water partition coefficient (Wildman–Crippen LogP) is 3.96. The summed E-state index contributed by atoms with van der Waals surface area (Å²) in [6.45, 7) is 8.70. The van der Waals surface area contributed by atoms with E-state index in [0.29, 0.717) is 36.9 Å². The van der Waals surface area contributed by atoms with Crippen LogP contribution in [0.1, 0.15) is 38.3 Å². The highest BCUT2D eigenvalue weighted by Crippen LogP contribution is 2.18. The maximum absolute atomic E-state index is 13.2. The van der Waals surface area contributed by atoms with E-state index in [1.807, 2.05) is 76.2 Å². The molecule has 168 valence electrons. The van der Waals surface area contributed by atoms with Crippen molar-refractivity contribution in [2.75, 3.05) is 20.3 Å². The van der Waals surface area contributed by atoms with Crippen molar-refractivity contribution in [2.45, 2.75) is 46.7 Å². The van der Waals surface area contributed by atoms with Gasteiger partial charge in [0.05, 0.1) is 7.11 Å². The minimum atomic E-state index is -0.584. The van der Waals surface area contributed by atoms with Gasteiger partial charge < -0.3 is 19.7 Å². The summed E-state index contributed by atoms with van der Waals surface area (Å²) >= 11 is 0. The number of ether oxygens (including phenoxy) is 2. The molecule has 2 rings (SSSR count). The topological polar surface area (TPSA) is 67.9 Å². The van der Waals surface area contributed by atoms with Crippen LogP contribution in [0.4, 0.5) is 0 Å². The molecule has 0 aliphatic heterocycles. The van der Waals surface area contributed by atoms with E-state index in [4.69, 9.17) is 9.47 Å². The van der Waals surface area contributed by atoms with E-state index in [1.165, 1.54) is 0 Å². The Bertz CT molecular complexity index is 849. The van der Waals surface area contributed by atoms with Gasteiger partial charge in [-0.05, 0) is 49.1 Å². The quantitative estimate of drug-likeness (QED) is 0.591. The number of carbonyl (C=O) groups is 2. The Morgan fingerprint density at radius 1 is 1.06 bits per heavy atom. The van der Waals surface area contributed by atoms with Crippen LogP contribution in [0.25, 0.3) is 0 Å².